The van der Waals surface area contributed by atoms with Gasteiger partial charge in [0.05, 0.1) is 29.4 Å². The molecule has 10 heteroatoms. The molecule has 4 rings (SSSR count). The summed E-state index contributed by atoms with van der Waals surface area (Å²) in [7, 11) is -3.99. The van der Waals surface area contributed by atoms with Gasteiger partial charge in [-0.2, -0.15) is 17.5 Å². The lowest BCUT2D eigenvalue weighted by atomic mass is 9.64. The Hall–Kier alpha value is -0.870. The summed E-state index contributed by atoms with van der Waals surface area (Å²) >= 11 is 0. The fourth-order valence-corrected chi connectivity index (χ4v) is 9.85. The minimum Gasteiger partial charge on any atom is -0.481 e. The molecule has 0 radical (unpaired) electrons. The summed E-state index contributed by atoms with van der Waals surface area (Å²) in [6.07, 6.45) is 0.722. The Bertz CT molecular complexity index is 881. The topological polar surface area (TPSA) is 83.9 Å². The molecule has 1 N–H and O–H groups in total. The van der Waals surface area contributed by atoms with E-state index in [0.29, 0.717) is 36.5 Å². The monoisotopic (exact) mass is 537 g/mol. The van der Waals surface area contributed by atoms with Crippen molar-refractivity contribution in [3.05, 3.63) is 0 Å². The Kier molecular flexibility index (Phi) is 8.67. The molecule has 1 saturated heterocycles. The Morgan fingerprint density at radius 2 is 1.75 bits per heavy atom. The molecule has 3 saturated carbocycles. The van der Waals surface area contributed by atoms with E-state index in [1.807, 2.05) is 0 Å². The van der Waals surface area contributed by atoms with Crippen molar-refractivity contribution in [2.24, 2.45) is 29.6 Å². The number of alkyl halides is 3. The van der Waals surface area contributed by atoms with E-state index in [2.05, 4.69) is 13.8 Å². The first kappa shape index (κ1) is 28.1. The van der Waals surface area contributed by atoms with E-state index in [0.717, 1.165) is 12.8 Å². The molecule has 0 bridgehead atoms. The molecule has 36 heavy (non-hydrogen) atoms. The minimum atomic E-state index is -4.39. The molecular formula is C26H42F3NO5S. The number of carboxylic acids is 1. The van der Waals surface area contributed by atoms with Crippen molar-refractivity contribution in [2.75, 3.05) is 6.54 Å². The zero-order valence-corrected chi connectivity index (χ0v) is 22.3. The lowest BCUT2D eigenvalue weighted by Crippen LogP contribution is -2.61. The van der Waals surface area contributed by atoms with E-state index in [9.17, 15) is 26.4 Å². The summed E-state index contributed by atoms with van der Waals surface area (Å²) in [5.41, 5.74) is 0. The van der Waals surface area contributed by atoms with Crippen LogP contribution in [-0.2, 0) is 19.6 Å². The molecule has 4 fully saturated rings. The largest absolute Gasteiger partial charge is 0.481 e. The number of carbonyl (C=O) groups is 1. The number of halogens is 3. The van der Waals surface area contributed by atoms with Gasteiger partial charge in [-0.25, -0.2) is 8.42 Å². The molecule has 6 nitrogen and oxygen atoms in total. The van der Waals surface area contributed by atoms with Crippen LogP contribution in [-0.4, -0.2) is 60.0 Å². The minimum absolute atomic E-state index is 0.0221. The summed E-state index contributed by atoms with van der Waals surface area (Å²) in [6.45, 7) is 4.62. The van der Waals surface area contributed by atoms with Crippen LogP contribution >= 0.6 is 0 Å². The average Bonchev–Trinajstić information content (AvgIpc) is 2.83. The van der Waals surface area contributed by atoms with Gasteiger partial charge in [-0.1, -0.05) is 33.1 Å². The van der Waals surface area contributed by atoms with Crippen molar-refractivity contribution in [1.82, 2.24) is 4.31 Å². The van der Waals surface area contributed by atoms with Crippen LogP contribution in [0.2, 0.25) is 0 Å². The molecule has 9 atom stereocenters. The Balaban J connectivity index is 1.57. The van der Waals surface area contributed by atoms with Gasteiger partial charge in [-0.05, 0) is 75.0 Å². The predicted molar refractivity (Wildman–Crippen MR) is 130 cm³/mol. The van der Waals surface area contributed by atoms with Crippen LogP contribution in [0.5, 0.6) is 0 Å². The number of hydrogen-bond acceptors (Lipinski definition) is 4. The van der Waals surface area contributed by atoms with Crippen molar-refractivity contribution in [2.45, 2.75) is 121 Å². The molecule has 1 aliphatic heterocycles. The standard InChI is InChI=1S/C26H42F3NO5S/c1-16-5-3-8-22(17(16)2)18-9-11-24-23(13-18)30(15-20(35-24)10-12-25(31)32)36(33,34)21-7-4-6-19(14-21)26(27,28)29/h16-24H,3-15H2,1-2H3,(H,31,32). The number of ether oxygens (including phenoxy) is 1. The summed E-state index contributed by atoms with van der Waals surface area (Å²) in [6, 6.07) is -0.384. The van der Waals surface area contributed by atoms with Gasteiger partial charge in [0.2, 0.25) is 10.0 Å². The highest BCUT2D eigenvalue weighted by molar-refractivity contribution is 7.89. The number of fused-ring (bicyclic) bond motifs is 1. The van der Waals surface area contributed by atoms with E-state index in [4.69, 9.17) is 9.84 Å². The average molecular weight is 538 g/mol. The first-order chi connectivity index (χ1) is 16.9. The smallest absolute Gasteiger partial charge is 0.391 e. The third-order valence-electron chi connectivity index (χ3n) is 9.81. The maximum atomic E-state index is 13.9. The molecule has 0 aromatic heterocycles. The molecular weight excluding hydrogens is 495 g/mol. The van der Waals surface area contributed by atoms with Crippen LogP contribution in [0.1, 0.15) is 90.9 Å². The van der Waals surface area contributed by atoms with Gasteiger partial charge in [-0.15, -0.1) is 0 Å². The van der Waals surface area contributed by atoms with E-state index < -0.39 is 39.4 Å². The highest BCUT2D eigenvalue weighted by atomic mass is 32.2. The molecule has 9 unspecified atom stereocenters. The van der Waals surface area contributed by atoms with Crippen LogP contribution < -0.4 is 0 Å². The highest BCUT2D eigenvalue weighted by Crippen LogP contribution is 2.47. The van der Waals surface area contributed by atoms with Crippen molar-refractivity contribution >= 4 is 16.0 Å². The van der Waals surface area contributed by atoms with Crippen molar-refractivity contribution in [3.63, 3.8) is 0 Å². The lowest BCUT2D eigenvalue weighted by Gasteiger charge is -2.51. The van der Waals surface area contributed by atoms with E-state index in [1.54, 1.807) is 0 Å². The number of aliphatic carboxylic acids is 1. The van der Waals surface area contributed by atoms with Gasteiger partial charge in [0.15, 0.2) is 0 Å². The van der Waals surface area contributed by atoms with Crippen LogP contribution in [0.25, 0.3) is 0 Å². The molecule has 0 amide bonds. The second kappa shape index (κ2) is 11.1. The molecule has 1 heterocycles. The maximum absolute atomic E-state index is 13.9. The first-order valence-corrected chi connectivity index (χ1v) is 15.3. The van der Waals surface area contributed by atoms with E-state index >= 15 is 0 Å². The number of hydrogen-bond donors (Lipinski definition) is 1. The lowest BCUT2D eigenvalue weighted by molar-refractivity contribution is -0.181. The van der Waals surface area contributed by atoms with Crippen LogP contribution in [0, 0.1) is 29.6 Å². The Morgan fingerprint density at radius 3 is 2.44 bits per heavy atom. The zero-order valence-electron chi connectivity index (χ0n) is 21.5. The van der Waals surface area contributed by atoms with E-state index in [-0.39, 0.29) is 57.2 Å². The van der Waals surface area contributed by atoms with Gasteiger partial charge in [0, 0.05) is 13.0 Å². The van der Waals surface area contributed by atoms with Gasteiger partial charge in [0.25, 0.3) is 0 Å². The Labute approximate surface area is 213 Å². The fourth-order valence-electron chi connectivity index (χ4n) is 7.56. The second-order valence-electron chi connectivity index (χ2n) is 11.9. The van der Waals surface area contributed by atoms with Crippen LogP contribution in [0.4, 0.5) is 13.2 Å². The third kappa shape index (κ3) is 6.06. The first-order valence-electron chi connectivity index (χ1n) is 13.8. The van der Waals surface area contributed by atoms with Gasteiger partial charge < -0.3 is 9.84 Å². The molecule has 0 spiro atoms. The maximum Gasteiger partial charge on any atom is 0.391 e. The summed E-state index contributed by atoms with van der Waals surface area (Å²) < 4.78 is 76.1. The number of carboxylic acid groups (broad SMARTS) is 1. The number of sulfonamides is 1. The summed E-state index contributed by atoms with van der Waals surface area (Å²) in [5.74, 6) is -0.479. The molecule has 4 aliphatic rings. The number of nitrogens with zero attached hydrogens (tertiary/aromatic N) is 1. The van der Waals surface area contributed by atoms with Crippen molar-refractivity contribution < 1.29 is 36.2 Å². The summed E-state index contributed by atoms with van der Waals surface area (Å²) in [5, 5.41) is 8.09. The van der Waals surface area contributed by atoms with Gasteiger partial charge in [0.1, 0.15) is 0 Å². The summed E-state index contributed by atoms with van der Waals surface area (Å²) in [4.78, 5) is 11.2. The van der Waals surface area contributed by atoms with Gasteiger partial charge in [-0.3, -0.25) is 4.79 Å². The Morgan fingerprint density at radius 1 is 1.03 bits per heavy atom. The normalized spacial score (nSPS) is 41.0. The molecule has 0 aromatic carbocycles. The SMILES string of the molecule is CC1CCCC(C2CCC3OC(CCC(=O)O)CN(S(=O)(=O)C4CCCC(C(F)(F)F)C4)C3C2)C1C. The second-order valence-corrected chi connectivity index (χ2v) is 14.1. The molecule has 0 aromatic rings. The molecule has 208 valence electrons. The number of rotatable bonds is 6. The quantitative estimate of drug-likeness (QED) is 0.476. The highest BCUT2D eigenvalue weighted by Gasteiger charge is 2.52. The van der Waals surface area contributed by atoms with Crippen molar-refractivity contribution in [3.8, 4) is 0 Å². The third-order valence-corrected chi connectivity index (χ3v) is 12.2. The van der Waals surface area contributed by atoms with Crippen LogP contribution in [0.15, 0.2) is 0 Å². The number of morpholine rings is 1. The van der Waals surface area contributed by atoms with E-state index in [1.165, 1.54) is 17.1 Å². The predicted octanol–water partition coefficient (Wildman–Crippen LogP) is 5.61. The van der Waals surface area contributed by atoms with Crippen molar-refractivity contribution in [1.29, 1.82) is 0 Å². The fraction of sp³-hybridized carbons (Fsp3) is 0.962. The molecule has 3 aliphatic carbocycles. The van der Waals surface area contributed by atoms with Gasteiger partial charge >= 0.3 is 12.1 Å². The van der Waals surface area contributed by atoms with Crippen LogP contribution in [0.3, 0.4) is 0 Å². The zero-order chi connectivity index (χ0) is 26.3.